The number of benzene rings is 1. The van der Waals surface area contributed by atoms with Crippen LogP contribution in [0, 0.1) is 0 Å². The molecule has 2 aliphatic rings. The molecule has 0 spiro atoms. The van der Waals surface area contributed by atoms with Crippen molar-refractivity contribution < 1.29 is 9.53 Å². The Balaban J connectivity index is 1.61. The molecule has 2 bridgehead atoms. The molecule has 1 aromatic carbocycles. The molecule has 0 saturated carbocycles. The van der Waals surface area contributed by atoms with Gasteiger partial charge < -0.3 is 10.1 Å². The molecule has 2 saturated heterocycles. The molecule has 0 aliphatic carbocycles. The third-order valence-electron chi connectivity index (χ3n) is 4.07. The van der Waals surface area contributed by atoms with Crippen LogP contribution in [-0.2, 0) is 9.53 Å². The molecule has 1 N–H and O–H groups in total. The second-order valence-electron chi connectivity index (χ2n) is 5.48. The minimum Gasteiger partial charge on any atom is -0.459 e. The van der Waals surface area contributed by atoms with Crippen molar-refractivity contribution in [3.63, 3.8) is 0 Å². The predicted molar refractivity (Wildman–Crippen MR) is 74.5 cm³/mol. The van der Waals surface area contributed by atoms with Gasteiger partial charge in [0.25, 0.3) is 0 Å². The van der Waals surface area contributed by atoms with Crippen molar-refractivity contribution in [2.75, 3.05) is 0 Å². The Labute approximate surface area is 113 Å². The van der Waals surface area contributed by atoms with Gasteiger partial charge in [0.15, 0.2) is 0 Å². The van der Waals surface area contributed by atoms with Crippen LogP contribution in [0.4, 0.5) is 0 Å². The number of hydrogen-bond donors (Lipinski definition) is 1. The number of nitrogens with one attached hydrogen (secondary N) is 1. The number of carbonyl (C=O) groups excluding carboxylic acids is 1. The lowest BCUT2D eigenvalue weighted by Crippen LogP contribution is -2.42. The summed E-state index contributed by atoms with van der Waals surface area (Å²) in [6, 6.07) is 10.6. The van der Waals surface area contributed by atoms with Gasteiger partial charge in [-0.05, 0) is 31.2 Å². The Morgan fingerprint density at radius 3 is 2.42 bits per heavy atom. The molecule has 1 aromatic rings. The summed E-state index contributed by atoms with van der Waals surface area (Å²) in [7, 11) is 0. The summed E-state index contributed by atoms with van der Waals surface area (Å²) in [5.74, 6) is -0.280. The van der Waals surface area contributed by atoms with Crippen molar-refractivity contribution in [3.8, 4) is 0 Å². The van der Waals surface area contributed by atoms with Crippen LogP contribution < -0.4 is 5.32 Å². The van der Waals surface area contributed by atoms with E-state index in [1.807, 2.05) is 30.3 Å². The SMILES string of the molecule is C=C(C(=O)OC1C[C@H]2CC[C@@H](C1)N2)c1ccccc1. The fraction of sp³-hybridized carbons (Fsp3) is 0.438. The van der Waals surface area contributed by atoms with Crippen LogP contribution in [0.3, 0.4) is 0 Å². The number of hydrogen-bond acceptors (Lipinski definition) is 3. The van der Waals surface area contributed by atoms with E-state index in [0.717, 1.165) is 18.4 Å². The summed E-state index contributed by atoms with van der Waals surface area (Å²) >= 11 is 0. The van der Waals surface area contributed by atoms with Crippen LogP contribution in [0.15, 0.2) is 36.9 Å². The smallest absolute Gasteiger partial charge is 0.338 e. The maximum Gasteiger partial charge on any atom is 0.338 e. The lowest BCUT2D eigenvalue weighted by Gasteiger charge is -2.28. The Hall–Kier alpha value is -1.61. The minimum absolute atomic E-state index is 0.0479. The van der Waals surface area contributed by atoms with Crippen molar-refractivity contribution in [1.82, 2.24) is 5.32 Å². The van der Waals surface area contributed by atoms with Gasteiger partial charge in [-0.25, -0.2) is 4.79 Å². The van der Waals surface area contributed by atoms with E-state index in [0.29, 0.717) is 17.7 Å². The van der Waals surface area contributed by atoms with E-state index >= 15 is 0 Å². The number of rotatable bonds is 3. The Kier molecular flexibility index (Phi) is 3.38. The largest absolute Gasteiger partial charge is 0.459 e. The van der Waals surface area contributed by atoms with Crippen molar-refractivity contribution >= 4 is 11.5 Å². The van der Waals surface area contributed by atoms with Gasteiger partial charge in [-0.2, -0.15) is 0 Å². The molecule has 2 fully saturated rings. The highest BCUT2D eigenvalue weighted by Crippen LogP contribution is 2.29. The standard InChI is InChI=1S/C16H19NO2/c1-11(12-5-3-2-4-6-12)16(18)19-15-9-13-7-8-14(10-15)17-13/h2-6,13-15,17H,1,7-10H2/t13-,14+,15?. The molecule has 100 valence electrons. The van der Waals surface area contributed by atoms with Gasteiger partial charge in [-0.15, -0.1) is 0 Å². The third-order valence-corrected chi connectivity index (χ3v) is 4.07. The summed E-state index contributed by atoms with van der Waals surface area (Å²) in [5.41, 5.74) is 1.29. The van der Waals surface area contributed by atoms with E-state index in [1.165, 1.54) is 12.8 Å². The molecule has 2 aliphatic heterocycles. The van der Waals surface area contributed by atoms with Gasteiger partial charge in [0.2, 0.25) is 0 Å². The highest BCUT2D eigenvalue weighted by atomic mass is 16.5. The van der Waals surface area contributed by atoms with E-state index in [-0.39, 0.29) is 12.1 Å². The summed E-state index contributed by atoms with van der Waals surface area (Å²) < 4.78 is 5.61. The van der Waals surface area contributed by atoms with Crippen molar-refractivity contribution in [1.29, 1.82) is 0 Å². The van der Waals surface area contributed by atoms with Gasteiger partial charge >= 0.3 is 5.97 Å². The van der Waals surface area contributed by atoms with E-state index in [1.54, 1.807) is 0 Å². The molecule has 0 aromatic heterocycles. The van der Waals surface area contributed by atoms with Crippen LogP contribution in [0.25, 0.3) is 5.57 Å². The predicted octanol–water partition coefficient (Wildman–Crippen LogP) is 2.53. The molecule has 3 atom stereocenters. The Morgan fingerprint density at radius 2 is 1.79 bits per heavy atom. The average molecular weight is 257 g/mol. The minimum atomic E-state index is -0.280. The van der Waals surface area contributed by atoms with Crippen molar-refractivity contribution in [2.45, 2.75) is 43.9 Å². The fourth-order valence-electron chi connectivity index (χ4n) is 3.08. The summed E-state index contributed by atoms with van der Waals surface area (Å²) in [5, 5.41) is 3.54. The van der Waals surface area contributed by atoms with Crippen LogP contribution in [-0.4, -0.2) is 24.2 Å². The zero-order valence-electron chi connectivity index (χ0n) is 11.0. The summed E-state index contributed by atoms with van der Waals surface area (Å²) in [6.45, 7) is 3.85. The second kappa shape index (κ2) is 5.17. The molecule has 3 nitrogen and oxygen atoms in total. The van der Waals surface area contributed by atoms with Gasteiger partial charge in [-0.1, -0.05) is 36.9 Å². The van der Waals surface area contributed by atoms with Gasteiger partial charge in [0, 0.05) is 12.1 Å². The van der Waals surface area contributed by atoms with Crippen LogP contribution in [0.2, 0.25) is 0 Å². The number of carbonyl (C=O) groups is 1. The van der Waals surface area contributed by atoms with E-state index in [4.69, 9.17) is 4.74 Å². The first kappa shape index (κ1) is 12.4. The Morgan fingerprint density at radius 1 is 1.16 bits per heavy atom. The zero-order chi connectivity index (χ0) is 13.2. The second-order valence-corrected chi connectivity index (χ2v) is 5.48. The van der Waals surface area contributed by atoms with E-state index in [9.17, 15) is 4.79 Å². The number of piperidine rings is 1. The molecule has 19 heavy (non-hydrogen) atoms. The normalized spacial score (nSPS) is 28.9. The molecule has 0 amide bonds. The topological polar surface area (TPSA) is 38.3 Å². The highest BCUT2D eigenvalue weighted by Gasteiger charge is 2.35. The molecular weight excluding hydrogens is 238 g/mol. The number of fused-ring (bicyclic) bond motifs is 2. The zero-order valence-corrected chi connectivity index (χ0v) is 11.0. The molecule has 1 unspecified atom stereocenters. The third kappa shape index (κ3) is 2.71. The van der Waals surface area contributed by atoms with Crippen LogP contribution >= 0.6 is 0 Å². The van der Waals surface area contributed by atoms with E-state index in [2.05, 4.69) is 11.9 Å². The summed E-state index contributed by atoms with van der Waals surface area (Å²) in [6.07, 6.45) is 4.33. The highest BCUT2D eigenvalue weighted by molar-refractivity contribution is 6.15. The Bertz CT molecular complexity index is 471. The average Bonchev–Trinajstić information content (AvgIpc) is 2.78. The maximum absolute atomic E-state index is 12.1. The molecule has 0 radical (unpaired) electrons. The lowest BCUT2D eigenvalue weighted by atomic mass is 10.0. The van der Waals surface area contributed by atoms with Gasteiger partial charge in [0.05, 0.1) is 5.57 Å². The molecular formula is C16H19NO2. The lowest BCUT2D eigenvalue weighted by molar-refractivity contribution is -0.143. The number of esters is 1. The molecule has 3 heteroatoms. The first-order valence-corrected chi connectivity index (χ1v) is 6.94. The molecule has 2 heterocycles. The van der Waals surface area contributed by atoms with Gasteiger partial charge in [-0.3, -0.25) is 0 Å². The quantitative estimate of drug-likeness (QED) is 0.668. The molecule has 3 rings (SSSR count). The van der Waals surface area contributed by atoms with Crippen LogP contribution in [0.1, 0.15) is 31.2 Å². The fourth-order valence-corrected chi connectivity index (χ4v) is 3.08. The van der Waals surface area contributed by atoms with Gasteiger partial charge in [0.1, 0.15) is 6.10 Å². The first-order valence-electron chi connectivity index (χ1n) is 6.94. The van der Waals surface area contributed by atoms with Crippen LogP contribution in [0.5, 0.6) is 0 Å². The monoisotopic (exact) mass is 257 g/mol. The first-order chi connectivity index (χ1) is 9.22. The van der Waals surface area contributed by atoms with Crippen molar-refractivity contribution in [3.05, 3.63) is 42.5 Å². The number of ether oxygens (including phenoxy) is 1. The summed E-state index contributed by atoms with van der Waals surface area (Å²) in [4.78, 5) is 12.1. The van der Waals surface area contributed by atoms with E-state index < -0.39 is 0 Å². The maximum atomic E-state index is 12.1. The van der Waals surface area contributed by atoms with Crippen molar-refractivity contribution in [2.24, 2.45) is 0 Å².